The molecule has 1 fully saturated rings. The van der Waals surface area contributed by atoms with Gasteiger partial charge in [-0.25, -0.2) is 0 Å². The van der Waals surface area contributed by atoms with Crippen molar-refractivity contribution in [1.29, 1.82) is 0 Å². The molecule has 1 rings (SSSR count). The van der Waals surface area contributed by atoms with Crippen molar-refractivity contribution >= 4 is 5.91 Å². The van der Waals surface area contributed by atoms with E-state index in [2.05, 4.69) is 129 Å². The average Bonchev–Trinajstić information content (AvgIpc) is 3.34. The number of carbonyl (C=O) groups is 1. The lowest BCUT2D eigenvalue weighted by atomic mass is 9.99. The van der Waals surface area contributed by atoms with Gasteiger partial charge in [0.25, 0.3) is 0 Å². The lowest BCUT2D eigenvalue weighted by Crippen LogP contribution is -2.60. The third kappa shape index (κ3) is 36.6. The van der Waals surface area contributed by atoms with E-state index in [0.29, 0.717) is 12.8 Å². The summed E-state index contributed by atoms with van der Waals surface area (Å²) >= 11 is 0. The molecule has 1 heterocycles. The number of unbranched alkanes of at least 4 members (excludes halogenated alkanes) is 15. The third-order valence-electron chi connectivity index (χ3n) is 11.7. The molecule has 1 aliphatic heterocycles. The number of ether oxygens (including phenoxy) is 2. The minimum Gasteiger partial charge on any atom is -0.394 e. The second-order valence-corrected chi connectivity index (χ2v) is 17.9. The second-order valence-electron chi connectivity index (χ2n) is 17.9. The molecule has 0 aliphatic carbocycles. The molecule has 9 nitrogen and oxygen atoms in total. The van der Waals surface area contributed by atoms with Crippen LogP contribution in [0.3, 0.4) is 0 Å². The first-order valence-corrected chi connectivity index (χ1v) is 26.8. The molecule has 1 aliphatic rings. The predicted octanol–water partition coefficient (Wildman–Crippen LogP) is 12.8. The molecule has 1 saturated heterocycles. The Bertz CT molecular complexity index is 1470. The van der Waals surface area contributed by atoms with Crippen LogP contribution in [0.5, 0.6) is 0 Å². The van der Waals surface area contributed by atoms with Gasteiger partial charge in [0, 0.05) is 6.42 Å². The molecule has 386 valence electrons. The SMILES string of the molecule is CC/C=C\C/C=C\C/C=C\C/C=C\C/C=C\C/C=C\C/C=C\CCCCCC(=O)NC(COC1OC(CO)C(O)C(O)C1O)C(O)/C=C/CC/C=C/CC/C=C/CCCCCCCCCCCC. The Morgan fingerprint density at radius 2 is 0.926 bits per heavy atom. The Kier molecular flexibility index (Phi) is 43.5. The van der Waals surface area contributed by atoms with E-state index in [1.165, 1.54) is 64.2 Å². The molecule has 7 unspecified atom stereocenters. The van der Waals surface area contributed by atoms with Crippen LogP contribution in [0.2, 0.25) is 0 Å². The first-order valence-electron chi connectivity index (χ1n) is 26.8. The maximum Gasteiger partial charge on any atom is 0.220 e. The molecule has 68 heavy (non-hydrogen) atoms. The average molecular weight is 948 g/mol. The monoisotopic (exact) mass is 948 g/mol. The van der Waals surface area contributed by atoms with Gasteiger partial charge >= 0.3 is 0 Å². The van der Waals surface area contributed by atoms with Crippen molar-refractivity contribution in [3.05, 3.63) is 122 Å². The molecule has 0 bridgehead atoms. The normalized spacial score (nSPS) is 20.6. The zero-order valence-corrected chi connectivity index (χ0v) is 42.6. The fourth-order valence-corrected chi connectivity index (χ4v) is 7.52. The first kappa shape index (κ1) is 62.6. The highest BCUT2D eigenvalue weighted by molar-refractivity contribution is 5.76. The molecule has 0 aromatic carbocycles. The molecule has 9 heteroatoms. The van der Waals surface area contributed by atoms with Crippen molar-refractivity contribution in [2.45, 2.75) is 230 Å². The number of rotatable bonds is 43. The summed E-state index contributed by atoms with van der Waals surface area (Å²) in [4.78, 5) is 13.0. The number of allylic oxidation sites excluding steroid dienone is 19. The van der Waals surface area contributed by atoms with Crippen molar-refractivity contribution in [1.82, 2.24) is 5.32 Å². The summed E-state index contributed by atoms with van der Waals surface area (Å²) in [6.07, 6.45) is 63.9. The molecule has 0 aromatic rings. The van der Waals surface area contributed by atoms with Crippen LogP contribution in [0, 0.1) is 0 Å². The van der Waals surface area contributed by atoms with E-state index in [-0.39, 0.29) is 18.9 Å². The lowest BCUT2D eigenvalue weighted by molar-refractivity contribution is -0.302. The number of hydrogen-bond acceptors (Lipinski definition) is 8. The van der Waals surface area contributed by atoms with Crippen LogP contribution in [0.1, 0.15) is 187 Å². The molecule has 0 spiro atoms. The van der Waals surface area contributed by atoms with Gasteiger partial charge in [-0.05, 0) is 103 Å². The number of carbonyl (C=O) groups excluding carboxylic acids is 1. The summed E-state index contributed by atoms with van der Waals surface area (Å²) in [5.41, 5.74) is 0. The highest BCUT2D eigenvalue weighted by Gasteiger charge is 2.44. The predicted molar refractivity (Wildman–Crippen MR) is 285 cm³/mol. The smallest absolute Gasteiger partial charge is 0.220 e. The van der Waals surface area contributed by atoms with Crippen LogP contribution in [0.15, 0.2) is 122 Å². The van der Waals surface area contributed by atoms with Gasteiger partial charge < -0.3 is 40.3 Å². The lowest BCUT2D eigenvalue weighted by Gasteiger charge is -2.40. The van der Waals surface area contributed by atoms with Gasteiger partial charge in [0.15, 0.2) is 6.29 Å². The molecule has 1 amide bonds. The standard InChI is InChI=1S/C59H97NO8/c1-3-5-7-9-11-13-15-17-19-21-23-25-26-27-28-29-31-33-35-37-39-41-43-45-47-49-55(63)60-52(51-67-59-58(66)57(65)56(64)54(50-61)68-59)53(62)48-46-44-42-40-38-36-34-32-30-24-22-20-18-16-14-12-10-8-6-4-2/h5,7,11,13,17,19,23,25,27-28,30-33,37-40,46,48,52-54,56-59,61-62,64-66H,3-4,6,8-10,12,14-16,18,20-22,24,26,29,34-36,41-45,47,49-51H2,1-2H3,(H,60,63)/b7-5-,13-11-,19-17-,25-23-,28-27-,32-30+,33-31-,39-37-,40-38+,48-46+. The van der Waals surface area contributed by atoms with Crippen LogP contribution < -0.4 is 5.32 Å². The topological polar surface area (TPSA) is 149 Å². The summed E-state index contributed by atoms with van der Waals surface area (Å²) < 4.78 is 11.2. The summed E-state index contributed by atoms with van der Waals surface area (Å²) in [6, 6.07) is -0.856. The third-order valence-corrected chi connectivity index (χ3v) is 11.7. The molecular formula is C59H97NO8. The molecule has 0 radical (unpaired) electrons. The Labute approximate surface area is 414 Å². The maximum absolute atomic E-state index is 13.0. The summed E-state index contributed by atoms with van der Waals surface area (Å²) in [7, 11) is 0. The number of hydrogen-bond donors (Lipinski definition) is 6. The summed E-state index contributed by atoms with van der Waals surface area (Å²) in [5.74, 6) is -0.228. The Balaban J connectivity index is 2.37. The van der Waals surface area contributed by atoms with Gasteiger partial charge in [-0.15, -0.1) is 0 Å². The highest BCUT2D eigenvalue weighted by atomic mass is 16.7. The van der Waals surface area contributed by atoms with Gasteiger partial charge in [-0.2, -0.15) is 0 Å². The van der Waals surface area contributed by atoms with Crippen molar-refractivity contribution in [3.63, 3.8) is 0 Å². The number of nitrogens with one attached hydrogen (secondary N) is 1. The van der Waals surface area contributed by atoms with Gasteiger partial charge in [-0.1, -0.05) is 200 Å². The Hall–Kier alpha value is -3.41. The van der Waals surface area contributed by atoms with Crippen LogP contribution in [-0.4, -0.2) is 87.5 Å². The zero-order chi connectivity index (χ0) is 49.4. The van der Waals surface area contributed by atoms with Crippen LogP contribution >= 0.6 is 0 Å². The Morgan fingerprint density at radius 1 is 0.515 bits per heavy atom. The van der Waals surface area contributed by atoms with E-state index in [1.807, 2.05) is 6.08 Å². The molecular weight excluding hydrogens is 851 g/mol. The van der Waals surface area contributed by atoms with Crippen LogP contribution in [0.4, 0.5) is 0 Å². The molecule has 7 atom stereocenters. The van der Waals surface area contributed by atoms with E-state index < -0.39 is 49.5 Å². The fraction of sp³-hybridized carbons (Fsp3) is 0.644. The first-order chi connectivity index (χ1) is 33.3. The van der Waals surface area contributed by atoms with E-state index in [0.717, 1.165) is 89.9 Å². The summed E-state index contributed by atoms with van der Waals surface area (Å²) in [5, 5.41) is 54.4. The van der Waals surface area contributed by atoms with Crippen molar-refractivity contribution in [2.75, 3.05) is 13.2 Å². The highest BCUT2D eigenvalue weighted by Crippen LogP contribution is 2.22. The number of amides is 1. The number of aliphatic hydroxyl groups is 5. The van der Waals surface area contributed by atoms with Crippen molar-refractivity contribution < 1.29 is 39.8 Å². The van der Waals surface area contributed by atoms with Gasteiger partial charge in [0.05, 0.1) is 25.4 Å². The maximum atomic E-state index is 13.0. The minimum absolute atomic E-state index is 0.228. The fourth-order valence-electron chi connectivity index (χ4n) is 7.52. The zero-order valence-electron chi connectivity index (χ0n) is 42.6. The molecule has 0 saturated carbocycles. The van der Waals surface area contributed by atoms with Crippen LogP contribution in [-0.2, 0) is 14.3 Å². The molecule has 0 aromatic heterocycles. The largest absolute Gasteiger partial charge is 0.394 e. The second kappa shape index (κ2) is 47.3. The van der Waals surface area contributed by atoms with E-state index >= 15 is 0 Å². The van der Waals surface area contributed by atoms with Gasteiger partial charge in [0.2, 0.25) is 5.91 Å². The van der Waals surface area contributed by atoms with Crippen molar-refractivity contribution in [3.8, 4) is 0 Å². The molecule has 6 N–H and O–H groups in total. The van der Waals surface area contributed by atoms with Crippen molar-refractivity contribution in [2.24, 2.45) is 0 Å². The quantitative estimate of drug-likeness (QED) is 0.0261. The van der Waals surface area contributed by atoms with Gasteiger partial charge in [0.1, 0.15) is 24.4 Å². The van der Waals surface area contributed by atoms with E-state index in [1.54, 1.807) is 6.08 Å². The number of aliphatic hydroxyl groups excluding tert-OH is 5. The minimum atomic E-state index is -1.59. The van der Waals surface area contributed by atoms with E-state index in [9.17, 15) is 30.3 Å². The van der Waals surface area contributed by atoms with Crippen LogP contribution in [0.25, 0.3) is 0 Å². The Morgan fingerprint density at radius 3 is 1.41 bits per heavy atom. The summed E-state index contributed by atoms with van der Waals surface area (Å²) in [6.45, 7) is 3.61. The van der Waals surface area contributed by atoms with E-state index in [4.69, 9.17) is 9.47 Å². The van der Waals surface area contributed by atoms with Gasteiger partial charge in [-0.3, -0.25) is 4.79 Å².